The first-order chi connectivity index (χ1) is 9.09. The fraction of sp³-hybridized carbons (Fsp3) is 0.500. The highest BCUT2D eigenvalue weighted by molar-refractivity contribution is 9.11. The second-order valence-electron chi connectivity index (χ2n) is 4.87. The van der Waals surface area contributed by atoms with E-state index >= 15 is 0 Å². The van der Waals surface area contributed by atoms with Crippen LogP contribution in [0.3, 0.4) is 0 Å². The van der Waals surface area contributed by atoms with Gasteiger partial charge in [0.05, 0.1) is 5.56 Å². The topological polar surface area (TPSA) is 32.3 Å². The molecule has 1 unspecified atom stereocenters. The molecule has 0 aromatic heterocycles. The van der Waals surface area contributed by atoms with E-state index in [1.54, 1.807) is 0 Å². The SMILES string of the molecule is CN(C(=O)c1ccc(Br)cc1Br)C1CCCNCC1. The van der Waals surface area contributed by atoms with Crippen molar-refractivity contribution < 1.29 is 4.79 Å². The highest BCUT2D eigenvalue weighted by Gasteiger charge is 2.23. The fourth-order valence-electron chi connectivity index (χ4n) is 2.41. The van der Waals surface area contributed by atoms with Gasteiger partial charge in [-0.1, -0.05) is 15.9 Å². The van der Waals surface area contributed by atoms with Crippen LogP contribution in [0.25, 0.3) is 0 Å². The van der Waals surface area contributed by atoms with Gasteiger partial charge in [0.2, 0.25) is 0 Å². The average molecular weight is 390 g/mol. The molecule has 2 rings (SSSR count). The second-order valence-corrected chi connectivity index (χ2v) is 6.64. The molecule has 3 nitrogen and oxygen atoms in total. The normalized spacial score (nSPS) is 19.8. The number of carbonyl (C=O) groups is 1. The first kappa shape index (κ1) is 15.0. The van der Waals surface area contributed by atoms with Crippen LogP contribution < -0.4 is 5.32 Å². The number of rotatable bonds is 2. The third-order valence-corrected chi connectivity index (χ3v) is 4.72. The predicted molar refractivity (Wildman–Crippen MR) is 84.4 cm³/mol. The monoisotopic (exact) mass is 388 g/mol. The first-order valence-corrected chi connectivity index (χ1v) is 8.11. The lowest BCUT2D eigenvalue weighted by atomic mass is 10.1. The summed E-state index contributed by atoms with van der Waals surface area (Å²) >= 11 is 6.87. The van der Waals surface area contributed by atoms with Crippen molar-refractivity contribution in [3.63, 3.8) is 0 Å². The Morgan fingerprint density at radius 1 is 1.32 bits per heavy atom. The Bertz CT molecular complexity index is 457. The van der Waals surface area contributed by atoms with Gasteiger partial charge in [0.15, 0.2) is 0 Å². The standard InChI is InChI=1S/C14H18Br2N2O/c1-18(11-3-2-7-17-8-6-11)14(19)12-5-4-10(15)9-13(12)16/h4-5,9,11,17H,2-3,6-8H2,1H3. The van der Waals surface area contributed by atoms with E-state index in [2.05, 4.69) is 37.2 Å². The number of benzene rings is 1. The Morgan fingerprint density at radius 2 is 2.11 bits per heavy atom. The summed E-state index contributed by atoms with van der Waals surface area (Å²) in [6.45, 7) is 2.05. The zero-order chi connectivity index (χ0) is 13.8. The van der Waals surface area contributed by atoms with E-state index in [1.807, 2.05) is 30.1 Å². The lowest BCUT2D eigenvalue weighted by Gasteiger charge is -2.27. The molecule has 5 heteroatoms. The second kappa shape index (κ2) is 6.86. The van der Waals surface area contributed by atoms with Crippen LogP contribution in [0.1, 0.15) is 29.6 Å². The molecule has 0 aliphatic carbocycles. The molecule has 0 radical (unpaired) electrons. The van der Waals surface area contributed by atoms with Crippen molar-refractivity contribution >= 4 is 37.8 Å². The molecule has 0 bridgehead atoms. The maximum absolute atomic E-state index is 12.5. The maximum atomic E-state index is 12.5. The Balaban J connectivity index is 2.13. The van der Waals surface area contributed by atoms with Crippen LogP contribution in [0.5, 0.6) is 0 Å². The van der Waals surface area contributed by atoms with Crippen LogP contribution in [0.4, 0.5) is 0 Å². The Labute approximate surface area is 131 Å². The third kappa shape index (κ3) is 3.80. The molecule has 1 aliphatic heterocycles. The summed E-state index contributed by atoms with van der Waals surface area (Å²) in [5.74, 6) is 0.0891. The van der Waals surface area contributed by atoms with Crippen LogP contribution in [-0.2, 0) is 0 Å². The minimum atomic E-state index is 0.0891. The molecular formula is C14H18Br2N2O. The minimum absolute atomic E-state index is 0.0891. The number of carbonyl (C=O) groups excluding carboxylic acids is 1. The third-order valence-electron chi connectivity index (χ3n) is 3.57. The van der Waals surface area contributed by atoms with Crippen molar-refractivity contribution in [2.24, 2.45) is 0 Å². The molecule has 104 valence electrons. The van der Waals surface area contributed by atoms with Crippen LogP contribution in [0, 0.1) is 0 Å². The van der Waals surface area contributed by atoms with E-state index < -0.39 is 0 Å². The Kier molecular flexibility index (Phi) is 5.42. The number of nitrogens with one attached hydrogen (secondary N) is 1. The van der Waals surface area contributed by atoms with Gasteiger partial charge in [-0.05, 0) is 66.5 Å². The molecule has 0 saturated carbocycles. The largest absolute Gasteiger partial charge is 0.339 e. The van der Waals surface area contributed by atoms with Crippen molar-refractivity contribution in [3.8, 4) is 0 Å². The average Bonchev–Trinajstić information content (AvgIpc) is 2.66. The number of hydrogen-bond acceptors (Lipinski definition) is 2. The van der Waals surface area contributed by atoms with Crippen molar-refractivity contribution in [2.45, 2.75) is 25.3 Å². The summed E-state index contributed by atoms with van der Waals surface area (Å²) in [6, 6.07) is 6.01. The molecule has 1 N–H and O–H groups in total. The summed E-state index contributed by atoms with van der Waals surface area (Å²) in [4.78, 5) is 14.4. The van der Waals surface area contributed by atoms with Gasteiger partial charge in [-0.15, -0.1) is 0 Å². The van der Waals surface area contributed by atoms with Gasteiger partial charge in [0, 0.05) is 22.0 Å². The Morgan fingerprint density at radius 3 is 2.84 bits per heavy atom. The quantitative estimate of drug-likeness (QED) is 0.840. The molecule has 1 aromatic carbocycles. The van der Waals surface area contributed by atoms with E-state index in [9.17, 15) is 4.79 Å². The fourth-order valence-corrected chi connectivity index (χ4v) is 3.62. The summed E-state index contributed by atoms with van der Waals surface area (Å²) in [5, 5.41) is 3.38. The zero-order valence-electron chi connectivity index (χ0n) is 11.0. The molecule has 1 heterocycles. The highest BCUT2D eigenvalue weighted by Crippen LogP contribution is 2.24. The number of hydrogen-bond donors (Lipinski definition) is 1. The summed E-state index contributed by atoms with van der Waals surface area (Å²) in [7, 11) is 1.91. The van der Waals surface area contributed by atoms with Gasteiger partial charge < -0.3 is 10.2 Å². The molecule has 1 atom stereocenters. The van der Waals surface area contributed by atoms with Crippen molar-refractivity contribution in [3.05, 3.63) is 32.7 Å². The molecule has 0 spiro atoms. The van der Waals surface area contributed by atoms with Crippen LogP contribution in [0.2, 0.25) is 0 Å². The molecule has 19 heavy (non-hydrogen) atoms. The molecular weight excluding hydrogens is 372 g/mol. The number of nitrogens with zero attached hydrogens (tertiary/aromatic N) is 1. The van der Waals surface area contributed by atoms with E-state index in [4.69, 9.17) is 0 Å². The Hall–Kier alpha value is -0.390. The lowest BCUT2D eigenvalue weighted by Crippen LogP contribution is -2.37. The summed E-state index contributed by atoms with van der Waals surface area (Å²) in [6.07, 6.45) is 3.23. The summed E-state index contributed by atoms with van der Waals surface area (Å²) in [5.41, 5.74) is 0.725. The first-order valence-electron chi connectivity index (χ1n) is 6.52. The van der Waals surface area contributed by atoms with Gasteiger partial charge in [-0.3, -0.25) is 4.79 Å². The minimum Gasteiger partial charge on any atom is -0.339 e. The van der Waals surface area contributed by atoms with E-state index in [-0.39, 0.29) is 5.91 Å². The maximum Gasteiger partial charge on any atom is 0.254 e. The predicted octanol–water partition coefficient (Wildman–Crippen LogP) is 3.43. The number of amides is 1. The molecule has 1 saturated heterocycles. The van der Waals surface area contributed by atoms with Gasteiger partial charge in [0.25, 0.3) is 5.91 Å². The van der Waals surface area contributed by atoms with Crippen LogP contribution >= 0.6 is 31.9 Å². The molecule has 1 aliphatic rings. The molecule has 1 amide bonds. The molecule has 1 aromatic rings. The highest BCUT2D eigenvalue weighted by atomic mass is 79.9. The van der Waals surface area contributed by atoms with Crippen molar-refractivity contribution in [2.75, 3.05) is 20.1 Å². The van der Waals surface area contributed by atoms with E-state index in [1.165, 1.54) is 0 Å². The van der Waals surface area contributed by atoms with Crippen LogP contribution in [-0.4, -0.2) is 37.0 Å². The van der Waals surface area contributed by atoms with Gasteiger partial charge in [-0.2, -0.15) is 0 Å². The van der Waals surface area contributed by atoms with Crippen LogP contribution in [0.15, 0.2) is 27.1 Å². The van der Waals surface area contributed by atoms with E-state index in [0.717, 1.165) is 46.9 Å². The smallest absolute Gasteiger partial charge is 0.254 e. The van der Waals surface area contributed by atoms with Crippen molar-refractivity contribution in [1.82, 2.24) is 10.2 Å². The summed E-state index contributed by atoms with van der Waals surface area (Å²) < 4.78 is 1.81. The van der Waals surface area contributed by atoms with E-state index in [0.29, 0.717) is 6.04 Å². The van der Waals surface area contributed by atoms with Crippen molar-refractivity contribution in [1.29, 1.82) is 0 Å². The van der Waals surface area contributed by atoms with Gasteiger partial charge in [-0.25, -0.2) is 0 Å². The van der Waals surface area contributed by atoms with Gasteiger partial charge in [0.1, 0.15) is 0 Å². The van der Waals surface area contributed by atoms with Gasteiger partial charge >= 0.3 is 0 Å². The lowest BCUT2D eigenvalue weighted by molar-refractivity contribution is 0.0719. The number of halogens is 2. The zero-order valence-corrected chi connectivity index (χ0v) is 14.1. The molecule has 1 fully saturated rings.